The second-order valence-electron chi connectivity index (χ2n) is 3.53. The Morgan fingerprint density at radius 1 is 1.36 bits per heavy atom. The Balaban J connectivity index is 3.69. The van der Waals surface area contributed by atoms with Crippen molar-refractivity contribution in [3.05, 3.63) is 0 Å². The summed E-state index contributed by atoms with van der Waals surface area (Å²) in [6, 6.07) is 0. The lowest BCUT2D eigenvalue weighted by Gasteiger charge is -2.13. The summed E-state index contributed by atoms with van der Waals surface area (Å²) in [6.07, 6.45) is 2.89. The molecular formula is C9H21NO3S. The van der Waals surface area contributed by atoms with E-state index in [1.807, 2.05) is 6.92 Å². The molecule has 0 saturated heterocycles. The van der Waals surface area contributed by atoms with E-state index in [0.717, 1.165) is 19.3 Å². The third-order valence-electron chi connectivity index (χ3n) is 2.04. The van der Waals surface area contributed by atoms with Crippen LogP contribution in [0.5, 0.6) is 0 Å². The molecule has 0 rings (SSSR count). The molecule has 0 amide bonds. The Bertz CT molecular complexity index is 226. The molecule has 86 valence electrons. The Labute approximate surface area is 86.9 Å². The number of rotatable bonds is 8. The molecular weight excluding hydrogens is 202 g/mol. The predicted molar refractivity (Wildman–Crippen MR) is 57.5 cm³/mol. The molecule has 1 atom stereocenters. The standard InChI is InChI=1S/C9H21NO3S/c1-3-5-6-13-7-9(4-2)8-14(10,11)12/h9H,3-8H2,1-2H3,(H2,10,11,12). The van der Waals surface area contributed by atoms with Crippen LogP contribution in [0.15, 0.2) is 0 Å². The van der Waals surface area contributed by atoms with E-state index in [4.69, 9.17) is 9.88 Å². The largest absolute Gasteiger partial charge is 0.381 e. The first-order chi connectivity index (χ1) is 6.49. The second kappa shape index (κ2) is 7.20. The zero-order valence-corrected chi connectivity index (χ0v) is 9.85. The number of hydrogen-bond acceptors (Lipinski definition) is 3. The molecule has 1 unspecified atom stereocenters. The van der Waals surface area contributed by atoms with Gasteiger partial charge in [0.05, 0.1) is 12.4 Å². The van der Waals surface area contributed by atoms with Crippen LogP contribution in [0, 0.1) is 5.92 Å². The minimum Gasteiger partial charge on any atom is -0.381 e. The average molecular weight is 223 g/mol. The van der Waals surface area contributed by atoms with E-state index in [1.54, 1.807) is 0 Å². The van der Waals surface area contributed by atoms with E-state index in [9.17, 15) is 8.42 Å². The maximum Gasteiger partial charge on any atom is 0.209 e. The number of sulfonamides is 1. The summed E-state index contributed by atoms with van der Waals surface area (Å²) < 4.78 is 27.0. The number of nitrogens with two attached hydrogens (primary N) is 1. The summed E-state index contributed by atoms with van der Waals surface area (Å²) in [5.74, 6) is 0.0529. The molecule has 0 heterocycles. The summed E-state index contributed by atoms with van der Waals surface area (Å²) in [6.45, 7) is 5.23. The van der Waals surface area contributed by atoms with Crippen LogP contribution < -0.4 is 5.14 Å². The van der Waals surface area contributed by atoms with Crippen molar-refractivity contribution in [3.8, 4) is 0 Å². The summed E-state index contributed by atoms with van der Waals surface area (Å²) in [5, 5.41) is 4.96. The maximum absolute atomic E-state index is 10.8. The monoisotopic (exact) mass is 223 g/mol. The number of hydrogen-bond donors (Lipinski definition) is 1. The molecule has 0 aliphatic rings. The van der Waals surface area contributed by atoms with Crippen molar-refractivity contribution in [1.82, 2.24) is 0 Å². The smallest absolute Gasteiger partial charge is 0.209 e. The molecule has 0 fully saturated rings. The lowest BCUT2D eigenvalue weighted by molar-refractivity contribution is 0.102. The van der Waals surface area contributed by atoms with Gasteiger partial charge in [-0.2, -0.15) is 0 Å². The third-order valence-corrected chi connectivity index (χ3v) is 2.98. The third kappa shape index (κ3) is 8.47. The van der Waals surface area contributed by atoms with Gasteiger partial charge in [-0.1, -0.05) is 26.7 Å². The molecule has 2 N–H and O–H groups in total. The van der Waals surface area contributed by atoms with E-state index >= 15 is 0 Å². The highest BCUT2D eigenvalue weighted by atomic mass is 32.2. The fourth-order valence-corrected chi connectivity index (χ4v) is 2.10. The Morgan fingerprint density at radius 2 is 2.00 bits per heavy atom. The van der Waals surface area contributed by atoms with Gasteiger partial charge < -0.3 is 4.74 Å². The van der Waals surface area contributed by atoms with Crippen LogP contribution in [-0.4, -0.2) is 27.4 Å². The van der Waals surface area contributed by atoms with Gasteiger partial charge in [0.15, 0.2) is 0 Å². The summed E-state index contributed by atoms with van der Waals surface area (Å²) >= 11 is 0. The molecule has 14 heavy (non-hydrogen) atoms. The van der Waals surface area contributed by atoms with Crippen molar-refractivity contribution >= 4 is 10.0 Å². The Morgan fingerprint density at radius 3 is 2.43 bits per heavy atom. The van der Waals surface area contributed by atoms with E-state index < -0.39 is 10.0 Å². The number of unbranched alkanes of at least 4 members (excludes halogenated alkanes) is 1. The predicted octanol–water partition coefficient (Wildman–Crippen LogP) is 1.12. The van der Waals surface area contributed by atoms with Crippen LogP contribution in [0.4, 0.5) is 0 Å². The van der Waals surface area contributed by atoms with Crippen molar-refractivity contribution in [2.45, 2.75) is 33.1 Å². The lowest BCUT2D eigenvalue weighted by Crippen LogP contribution is -2.25. The minimum atomic E-state index is -3.36. The quantitative estimate of drug-likeness (QED) is 0.627. The number of primary sulfonamides is 1. The first-order valence-electron chi connectivity index (χ1n) is 5.07. The fourth-order valence-electron chi connectivity index (χ4n) is 1.11. The van der Waals surface area contributed by atoms with Gasteiger partial charge in [-0.25, -0.2) is 13.6 Å². The van der Waals surface area contributed by atoms with Crippen LogP contribution in [0.2, 0.25) is 0 Å². The van der Waals surface area contributed by atoms with E-state index in [-0.39, 0.29) is 11.7 Å². The highest BCUT2D eigenvalue weighted by Gasteiger charge is 2.13. The highest BCUT2D eigenvalue weighted by molar-refractivity contribution is 7.89. The van der Waals surface area contributed by atoms with Gasteiger partial charge in [-0.15, -0.1) is 0 Å². The van der Waals surface area contributed by atoms with E-state index in [1.165, 1.54) is 0 Å². The van der Waals surface area contributed by atoms with Crippen molar-refractivity contribution < 1.29 is 13.2 Å². The van der Waals surface area contributed by atoms with Crippen LogP contribution in [0.1, 0.15) is 33.1 Å². The van der Waals surface area contributed by atoms with Crippen LogP contribution in [0.3, 0.4) is 0 Å². The Kier molecular flexibility index (Phi) is 7.13. The van der Waals surface area contributed by atoms with Crippen LogP contribution in [-0.2, 0) is 14.8 Å². The fraction of sp³-hybridized carbons (Fsp3) is 1.00. The van der Waals surface area contributed by atoms with Crippen molar-refractivity contribution in [2.24, 2.45) is 11.1 Å². The molecule has 0 bridgehead atoms. The van der Waals surface area contributed by atoms with Gasteiger partial charge in [0.25, 0.3) is 0 Å². The first kappa shape index (κ1) is 13.9. The van der Waals surface area contributed by atoms with Crippen LogP contribution in [0.25, 0.3) is 0 Å². The molecule has 0 aromatic heterocycles. The highest BCUT2D eigenvalue weighted by Crippen LogP contribution is 2.06. The minimum absolute atomic E-state index is 0.0234. The molecule has 0 radical (unpaired) electrons. The van der Waals surface area contributed by atoms with Gasteiger partial charge in [-0.3, -0.25) is 0 Å². The summed E-state index contributed by atoms with van der Waals surface area (Å²) in [4.78, 5) is 0. The SMILES string of the molecule is CCCCOCC(CC)CS(N)(=O)=O. The topological polar surface area (TPSA) is 69.4 Å². The van der Waals surface area contributed by atoms with Crippen molar-refractivity contribution in [3.63, 3.8) is 0 Å². The van der Waals surface area contributed by atoms with Crippen molar-refractivity contribution in [2.75, 3.05) is 19.0 Å². The molecule has 0 aromatic carbocycles. The molecule has 4 nitrogen and oxygen atoms in total. The molecule has 5 heteroatoms. The number of ether oxygens (including phenoxy) is 1. The van der Waals surface area contributed by atoms with Gasteiger partial charge in [0.2, 0.25) is 10.0 Å². The van der Waals surface area contributed by atoms with E-state index in [2.05, 4.69) is 6.92 Å². The Hall–Kier alpha value is -0.130. The van der Waals surface area contributed by atoms with Crippen LogP contribution >= 0.6 is 0 Å². The van der Waals surface area contributed by atoms with Gasteiger partial charge in [0, 0.05) is 6.61 Å². The normalized spacial score (nSPS) is 14.2. The molecule has 0 spiro atoms. The summed E-state index contributed by atoms with van der Waals surface area (Å²) in [5.41, 5.74) is 0. The summed E-state index contributed by atoms with van der Waals surface area (Å²) in [7, 11) is -3.36. The second-order valence-corrected chi connectivity index (χ2v) is 5.19. The lowest BCUT2D eigenvalue weighted by atomic mass is 10.1. The maximum atomic E-state index is 10.8. The first-order valence-corrected chi connectivity index (χ1v) is 6.79. The van der Waals surface area contributed by atoms with Gasteiger partial charge in [-0.05, 0) is 12.3 Å². The molecule has 0 aromatic rings. The van der Waals surface area contributed by atoms with Crippen molar-refractivity contribution in [1.29, 1.82) is 0 Å². The zero-order chi connectivity index (χ0) is 11.0. The molecule has 0 saturated carbocycles. The zero-order valence-electron chi connectivity index (χ0n) is 9.03. The molecule has 0 aliphatic carbocycles. The average Bonchev–Trinajstić information content (AvgIpc) is 2.08. The van der Waals surface area contributed by atoms with E-state index in [0.29, 0.717) is 13.2 Å². The van der Waals surface area contributed by atoms with Gasteiger partial charge >= 0.3 is 0 Å². The van der Waals surface area contributed by atoms with Gasteiger partial charge in [0.1, 0.15) is 0 Å². The molecule has 0 aliphatic heterocycles.